The molecule has 0 spiro atoms. The molecule has 0 fully saturated rings. The van der Waals surface area contributed by atoms with Gasteiger partial charge in [-0.25, -0.2) is 4.39 Å². The second-order valence-corrected chi connectivity index (χ2v) is 7.19. The van der Waals surface area contributed by atoms with Crippen molar-refractivity contribution in [1.82, 2.24) is 0 Å². The van der Waals surface area contributed by atoms with Crippen LogP contribution < -0.4 is 0 Å². The molecule has 132 valence electrons. The van der Waals surface area contributed by atoms with E-state index in [9.17, 15) is 23.7 Å². The van der Waals surface area contributed by atoms with Gasteiger partial charge < -0.3 is 0 Å². The molecule has 0 atom stereocenters. The van der Waals surface area contributed by atoms with Crippen LogP contribution in [0, 0.1) is 27.2 Å². The number of hydrogen-bond donors (Lipinski definition) is 0. The average Bonchev–Trinajstić information content (AvgIpc) is 2.44. The minimum atomic E-state index is -1.28. The molecule has 2 aromatic rings. The Morgan fingerprint density at radius 1 is 1.12 bits per heavy atom. The fourth-order valence-electron chi connectivity index (χ4n) is 2.65. The van der Waals surface area contributed by atoms with E-state index in [-0.39, 0.29) is 11.0 Å². The van der Waals surface area contributed by atoms with Gasteiger partial charge in [0.15, 0.2) is 5.78 Å². The number of carbonyl (C=O) groups excluding carboxylic acids is 1. The van der Waals surface area contributed by atoms with E-state index in [2.05, 4.69) is 20.8 Å². The summed E-state index contributed by atoms with van der Waals surface area (Å²) in [5, 5.41) is 11.0. The van der Waals surface area contributed by atoms with Gasteiger partial charge in [-0.3, -0.25) is 14.9 Å². The summed E-state index contributed by atoms with van der Waals surface area (Å²) < 4.78 is 27.0. The Morgan fingerprint density at radius 2 is 1.72 bits per heavy atom. The van der Waals surface area contributed by atoms with Crippen LogP contribution in [0.1, 0.15) is 42.3 Å². The van der Waals surface area contributed by atoms with Crippen molar-refractivity contribution in [1.29, 1.82) is 0 Å². The lowest BCUT2D eigenvalue weighted by Gasteiger charge is -2.18. The number of hydrogen-bond acceptors (Lipinski definition) is 3. The molecule has 0 aliphatic heterocycles. The summed E-state index contributed by atoms with van der Waals surface area (Å²) in [4.78, 5) is 22.4. The zero-order valence-electron chi connectivity index (χ0n) is 14.3. The molecule has 2 aromatic carbocycles. The summed E-state index contributed by atoms with van der Waals surface area (Å²) in [5.74, 6) is -2.67. The first-order valence-electron chi connectivity index (χ1n) is 7.81. The number of rotatable bonds is 5. The summed E-state index contributed by atoms with van der Waals surface area (Å²) in [5.41, 5.74) is 0.374. The van der Waals surface area contributed by atoms with Gasteiger partial charge in [0.05, 0.1) is 4.92 Å². The number of carbonyl (C=O) groups is 1. The molecule has 0 aliphatic rings. The molecule has 0 radical (unpaired) electrons. The number of ketones is 1. The second kappa shape index (κ2) is 7.09. The molecule has 0 saturated carbocycles. The van der Waals surface area contributed by atoms with Crippen molar-refractivity contribution in [3.8, 4) is 0 Å². The van der Waals surface area contributed by atoms with E-state index < -0.39 is 34.4 Å². The molecule has 0 saturated heterocycles. The molecule has 0 N–H and O–H groups in total. The quantitative estimate of drug-likeness (QED) is 0.440. The van der Waals surface area contributed by atoms with Gasteiger partial charge in [0.1, 0.15) is 5.82 Å². The van der Waals surface area contributed by atoms with Crippen molar-refractivity contribution in [3.05, 3.63) is 74.8 Å². The predicted octanol–water partition coefficient (Wildman–Crippen LogP) is 4.89. The van der Waals surface area contributed by atoms with Crippen molar-refractivity contribution in [2.24, 2.45) is 5.41 Å². The first-order chi connectivity index (χ1) is 11.6. The van der Waals surface area contributed by atoms with Crippen molar-refractivity contribution < 1.29 is 18.5 Å². The highest BCUT2D eigenvalue weighted by atomic mass is 19.1. The number of benzene rings is 2. The highest BCUT2D eigenvalue weighted by Gasteiger charge is 2.24. The Labute approximate surface area is 144 Å². The number of nitro groups is 1. The third kappa shape index (κ3) is 4.92. The molecule has 0 amide bonds. The van der Waals surface area contributed by atoms with Crippen LogP contribution in [0.5, 0.6) is 0 Å². The molecular weight excluding hydrogens is 328 g/mol. The third-order valence-electron chi connectivity index (χ3n) is 3.65. The van der Waals surface area contributed by atoms with E-state index >= 15 is 0 Å². The maximum Gasteiger partial charge on any atom is 0.308 e. The summed E-state index contributed by atoms with van der Waals surface area (Å²) in [6.07, 6.45) is 0.395. The zero-order valence-corrected chi connectivity index (χ0v) is 14.3. The standard InChI is InChI=1S/C19H19F2NO3/c1-19(2,3)11-12-4-6-13(7-5-12)17(23)9-14-8-15(20)10-16(21)18(14)22(24)25/h4-8,10H,9,11H2,1-3H3. The van der Waals surface area contributed by atoms with E-state index in [4.69, 9.17) is 0 Å². The van der Waals surface area contributed by atoms with E-state index in [0.717, 1.165) is 18.1 Å². The Bertz CT molecular complexity index is 809. The molecule has 2 rings (SSSR count). The van der Waals surface area contributed by atoms with Crippen LogP contribution in [0.15, 0.2) is 36.4 Å². The summed E-state index contributed by atoms with van der Waals surface area (Å²) in [6, 6.07) is 8.16. The van der Waals surface area contributed by atoms with Gasteiger partial charge in [-0.15, -0.1) is 0 Å². The van der Waals surface area contributed by atoms with E-state index in [1.54, 1.807) is 12.1 Å². The molecule has 6 heteroatoms. The van der Waals surface area contributed by atoms with Crippen LogP contribution in [0.2, 0.25) is 0 Å². The van der Waals surface area contributed by atoms with Gasteiger partial charge in [-0.05, 0) is 23.5 Å². The van der Waals surface area contributed by atoms with Gasteiger partial charge >= 0.3 is 5.69 Å². The SMILES string of the molecule is CC(C)(C)Cc1ccc(C(=O)Cc2cc(F)cc(F)c2[N+](=O)[O-])cc1. The smallest absolute Gasteiger partial charge is 0.294 e. The second-order valence-electron chi connectivity index (χ2n) is 7.19. The average molecular weight is 347 g/mol. The maximum atomic E-state index is 13.6. The topological polar surface area (TPSA) is 60.2 Å². The lowest BCUT2D eigenvalue weighted by molar-refractivity contribution is -0.388. The van der Waals surface area contributed by atoms with Crippen LogP contribution in [-0.2, 0) is 12.8 Å². The Kier molecular flexibility index (Phi) is 5.30. The number of halogens is 2. The lowest BCUT2D eigenvalue weighted by Crippen LogP contribution is -2.10. The molecular formula is C19H19F2NO3. The maximum absolute atomic E-state index is 13.6. The monoisotopic (exact) mass is 347 g/mol. The van der Waals surface area contributed by atoms with Gasteiger partial charge in [0.25, 0.3) is 0 Å². The Hall–Kier alpha value is -2.63. The van der Waals surface area contributed by atoms with Crippen LogP contribution in [0.25, 0.3) is 0 Å². The minimum Gasteiger partial charge on any atom is -0.294 e. The Balaban J connectivity index is 2.24. The largest absolute Gasteiger partial charge is 0.308 e. The van der Waals surface area contributed by atoms with E-state index in [1.807, 2.05) is 12.1 Å². The predicted molar refractivity (Wildman–Crippen MR) is 90.6 cm³/mol. The molecule has 0 unspecified atom stereocenters. The highest BCUT2D eigenvalue weighted by molar-refractivity contribution is 5.98. The molecule has 4 nitrogen and oxygen atoms in total. The van der Waals surface area contributed by atoms with Gasteiger partial charge in [-0.1, -0.05) is 45.0 Å². The first-order valence-corrected chi connectivity index (χ1v) is 7.81. The van der Waals surface area contributed by atoms with Gasteiger partial charge in [-0.2, -0.15) is 4.39 Å². The lowest BCUT2D eigenvalue weighted by atomic mass is 9.87. The molecule has 0 aromatic heterocycles. The van der Waals surface area contributed by atoms with Crippen LogP contribution in [0.3, 0.4) is 0 Å². The number of Topliss-reactive ketones (excluding diaryl/α,β-unsaturated/α-hetero) is 1. The molecule has 0 bridgehead atoms. The number of nitrogens with zero attached hydrogens (tertiary/aromatic N) is 1. The third-order valence-corrected chi connectivity index (χ3v) is 3.65. The van der Waals surface area contributed by atoms with Crippen molar-refractivity contribution in [2.45, 2.75) is 33.6 Å². The zero-order chi connectivity index (χ0) is 18.8. The summed E-state index contributed by atoms with van der Waals surface area (Å²) >= 11 is 0. The fraction of sp³-hybridized carbons (Fsp3) is 0.316. The highest BCUT2D eigenvalue weighted by Crippen LogP contribution is 2.26. The van der Waals surface area contributed by atoms with E-state index in [0.29, 0.717) is 11.6 Å². The molecule has 0 aliphatic carbocycles. The summed E-state index contributed by atoms with van der Waals surface area (Å²) in [7, 11) is 0. The fourth-order valence-corrected chi connectivity index (χ4v) is 2.65. The number of nitro benzene ring substituents is 1. The molecule has 0 heterocycles. The van der Waals surface area contributed by atoms with Crippen LogP contribution in [-0.4, -0.2) is 10.7 Å². The van der Waals surface area contributed by atoms with Crippen molar-refractivity contribution in [2.75, 3.05) is 0 Å². The van der Waals surface area contributed by atoms with Crippen molar-refractivity contribution in [3.63, 3.8) is 0 Å². The van der Waals surface area contributed by atoms with Crippen LogP contribution in [0.4, 0.5) is 14.5 Å². The first kappa shape index (κ1) is 18.7. The van der Waals surface area contributed by atoms with Crippen molar-refractivity contribution >= 4 is 11.5 Å². The van der Waals surface area contributed by atoms with Crippen LogP contribution >= 0.6 is 0 Å². The molecule has 25 heavy (non-hydrogen) atoms. The normalized spacial score (nSPS) is 11.4. The Morgan fingerprint density at radius 3 is 2.24 bits per heavy atom. The summed E-state index contributed by atoms with van der Waals surface area (Å²) in [6.45, 7) is 6.30. The van der Waals surface area contributed by atoms with Gasteiger partial charge in [0, 0.05) is 23.6 Å². The minimum absolute atomic E-state index is 0.102. The van der Waals surface area contributed by atoms with Gasteiger partial charge in [0.2, 0.25) is 5.82 Å². The van der Waals surface area contributed by atoms with E-state index in [1.165, 1.54) is 0 Å².